The lowest BCUT2D eigenvalue weighted by molar-refractivity contribution is -0.274. The Balaban J connectivity index is 1.28. The summed E-state index contributed by atoms with van der Waals surface area (Å²) >= 11 is 1.19. The molecule has 0 bridgehead atoms. The van der Waals surface area contributed by atoms with Gasteiger partial charge in [-0.25, -0.2) is 19.5 Å². The van der Waals surface area contributed by atoms with Crippen LogP contribution < -0.4 is 14.4 Å². The summed E-state index contributed by atoms with van der Waals surface area (Å²) in [4.78, 5) is 40.0. The molecule has 0 N–H and O–H groups in total. The third kappa shape index (κ3) is 7.88. The molecule has 5 rings (SSSR count). The minimum atomic E-state index is -4.77. The van der Waals surface area contributed by atoms with Gasteiger partial charge < -0.3 is 9.47 Å². The molecule has 1 aliphatic rings. The van der Waals surface area contributed by atoms with Gasteiger partial charge in [0.2, 0.25) is 5.91 Å². The van der Waals surface area contributed by atoms with Crippen molar-refractivity contribution < 1.29 is 32.2 Å². The highest BCUT2D eigenvalue weighted by Crippen LogP contribution is 2.36. The number of rotatable bonds is 8. The number of thioether (sulfide) groups is 1. The fourth-order valence-corrected chi connectivity index (χ4v) is 5.70. The molecule has 1 saturated heterocycles. The maximum Gasteiger partial charge on any atom is 0.573 e. The van der Waals surface area contributed by atoms with Gasteiger partial charge in [-0.05, 0) is 66.4 Å². The van der Waals surface area contributed by atoms with Crippen LogP contribution in [0.3, 0.4) is 0 Å². The number of nitrogens with zero attached hydrogens (tertiary/aromatic N) is 6. The first-order valence-electron chi connectivity index (χ1n) is 14.5. The SMILES string of the molecule is COc1ccc(N2C(=O)CSC2=NC(=O)N=C(C)C(C)c2ccc(-c3ncn(-c4ccc(OC(F)(F)F)cc4)n3)cc2)c(C(C)C)c1. The largest absolute Gasteiger partial charge is 0.573 e. The number of hydrogen-bond acceptors (Lipinski definition) is 7. The van der Waals surface area contributed by atoms with Crippen LogP contribution in [0.15, 0.2) is 83.0 Å². The summed E-state index contributed by atoms with van der Waals surface area (Å²) in [5.74, 6) is 0.625. The summed E-state index contributed by atoms with van der Waals surface area (Å²) in [5.41, 5.74) is 4.21. The number of alkyl halides is 3. The van der Waals surface area contributed by atoms with Gasteiger partial charge >= 0.3 is 12.4 Å². The number of ether oxygens (including phenoxy) is 2. The topological polar surface area (TPSA) is 111 Å². The molecule has 4 aromatic rings. The van der Waals surface area contributed by atoms with Crippen molar-refractivity contribution in [1.82, 2.24) is 14.8 Å². The van der Waals surface area contributed by atoms with Crippen LogP contribution in [0.1, 0.15) is 50.7 Å². The Bertz CT molecular complexity index is 1840. The van der Waals surface area contributed by atoms with Crippen molar-refractivity contribution in [3.63, 3.8) is 0 Å². The van der Waals surface area contributed by atoms with E-state index in [1.165, 1.54) is 51.9 Å². The molecule has 0 aliphatic carbocycles. The van der Waals surface area contributed by atoms with Crippen molar-refractivity contribution in [3.8, 4) is 28.6 Å². The van der Waals surface area contributed by atoms with Gasteiger partial charge in [0.05, 0.1) is 24.2 Å². The lowest BCUT2D eigenvalue weighted by atomic mass is 9.96. The van der Waals surface area contributed by atoms with E-state index in [4.69, 9.17) is 4.74 Å². The standard InChI is InChI=1S/C33H31F3N6O4S/c1-19(2)27-16-26(45-5)14-15-28(27)42-29(43)17-47-32(42)39-31(44)38-21(4)20(3)22-6-8-23(9-7-22)30-37-18-41(40-30)24-10-12-25(13-11-24)46-33(34,35)36/h6-16,18-20H,17H2,1-5H3. The maximum atomic E-state index is 13.0. The van der Waals surface area contributed by atoms with Gasteiger partial charge in [0.15, 0.2) is 11.0 Å². The highest BCUT2D eigenvalue weighted by Gasteiger charge is 2.33. The third-order valence-corrected chi connectivity index (χ3v) is 8.37. The van der Waals surface area contributed by atoms with Crippen molar-refractivity contribution in [2.75, 3.05) is 17.8 Å². The average molecular weight is 665 g/mol. The Morgan fingerprint density at radius 2 is 1.68 bits per heavy atom. The molecule has 0 radical (unpaired) electrons. The maximum absolute atomic E-state index is 13.0. The lowest BCUT2D eigenvalue weighted by Gasteiger charge is -2.22. The number of methoxy groups -OCH3 is 1. The molecule has 1 atom stereocenters. The molecule has 47 heavy (non-hydrogen) atoms. The van der Waals surface area contributed by atoms with E-state index in [1.54, 1.807) is 26.2 Å². The summed E-state index contributed by atoms with van der Waals surface area (Å²) < 4.78 is 48.0. The number of urea groups is 1. The molecule has 3 aromatic carbocycles. The molecule has 1 fully saturated rings. The number of carbonyl (C=O) groups excluding carboxylic acids is 2. The quantitative estimate of drug-likeness (QED) is 0.177. The summed E-state index contributed by atoms with van der Waals surface area (Å²) in [6.07, 6.45) is -3.31. The van der Waals surface area contributed by atoms with Crippen LogP contribution in [0, 0.1) is 0 Å². The minimum absolute atomic E-state index is 0.0944. The number of anilines is 1. The summed E-state index contributed by atoms with van der Waals surface area (Å²) in [7, 11) is 1.58. The molecule has 1 aromatic heterocycles. The molecule has 244 valence electrons. The van der Waals surface area contributed by atoms with E-state index in [9.17, 15) is 22.8 Å². The van der Waals surface area contributed by atoms with E-state index in [-0.39, 0.29) is 34.4 Å². The van der Waals surface area contributed by atoms with Crippen LogP contribution in [0.25, 0.3) is 17.1 Å². The number of hydrogen-bond donors (Lipinski definition) is 0. The van der Waals surface area contributed by atoms with Gasteiger partial charge in [0.25, 0.3) is 0 Å². The van der Waals surface area contributed by atoms with E-state index < -0.39 is 12.4 Å². The predicted octanol–water partition coefficient (Wildman–Crippen LogP) is 7.79. The normalized spacial score (nSPS) is 15.4. The summed E-state index contributed by atoms with van der Waals surface area (Å²) in [6.45, 7) is 7.69. The second-order valence-corrected chi connectivity index (χ2v) is 11.9. The number of aromatic nitrogens is 3. The number of benzene rings is 3. The first kappa shape index (κ1) is 33.4. The number of aliphatic imine (C=N–C) groups is 2. The van der Waals surface area contributed by atoms with E-state index in [1.807, 2.05) is 51.1 Å². The van der Waals surface area contributed by atoms with Crippen LogP contribution in [-0.2, 0) is 4.79 Å². The van der Waals surface area contributed by atoms with E-state index in [2.05, 4.69) is 24.8 Å². The number of halogens is 3. The summed E-state index contributed by atoms with van der Waals surface area (Å²) in [5, 5.41) is 4.71. The fourth-order valence-electron chi connectivity index (χ4n) is 4.84. The smallest absolute Gasteiger partial charge is 0.497 e. The molecule has 3 amide bonds. The Morgan fingerprint density at radius 1 is 1.00 bits per heavy atom. The van der Waals surface area contributed by atoms with Gasteiger partial charge in [-0.1, -0.05) is 56.8 Å². The van der Waals surface area contributed by atoms with Crippen LogP contribution in [0.2, 0.25) is 0 Å². The average Bonchev–Trinajstić information content (AvgIpc) is 3.67. The molecule has 1 aliphatic heterocycles. The molecular weight excluding hydrogens is 633 g/mol. The number of carbonyl (C=O) groups is 2. The van der Waals surface area contributed by atoms with Gasteiger partial charge in [0, 0.05) is 17.2 Å². The van der Waals surface area contributed by atoms with E-state index >= 15 is 0 Å². The van der Waals surface area contributed by atoms with Crippen LogP contribution >= 0.6 is 11.8 Å². The highest BCUT2D eigenvalue weighted by atomic mass is 32.2. The van der Waals surface area contributed by atoms with Gasteiger partial charge in [-0.15, -0.1) is 18.3 Å². The number of amides is 3. The molecule has 10 nitrogen and oxygen atoms in total. The predicted molar refractivity (Wildman–Crippen MR) is 175 cm³/mol. The van der Waals surface area contributed by atoms with Crippen molar-refractivity contribution in [2.24, 2.45) is 9.98 Å². The summed E-state index contributed by atoms with van der Waals surface area (Å²) in [6, 6.07) is 17.5. The molecule has 14 heteroatoms. The van der Waals surface area contributed by atoms with E-state index in [0.29, 0.717) is 28.7 Å². The highest BCUT2D eigenvalue weighted by molar-refractivity contribution is 8.15. The molecule has 1 unspecified atom stereocenters. The minimum Gasteiger partial charge on any atom is -0.497 e. The molecular formula is C33H31F3N6O4S. The Kier molecular flexibility index (Phi) is 9.80. The molecule has 2 heterocycles. The Morgan fingerprint density at radius 3 is 2.32 bits per heavy atom. The van der Waals surface area contributed by atoms with Crippen molar-refractivity contribution in [1.29, 1.82) is 0 Å². The zero-order chi connectivity index (χ0) is 33.9. The van der Waals surface area contributed by atoms with Crippen molar-refractivity contribution >= 4 is 40.3 Å². The Hall–Kier alpha value is -4.98. The molecule has 0 saturated carbocycles. The lowest BCUT2D eigenvalue weighted by Crippen LogP contribution is -2.30. The molecule has 0 spiro atoms. The monoisotopic (exact) mass is 664 g/mol. The van der Waals surface area contributed by atoms with Crippen molar-refractivity contribution in [2.45, 2.75) is 45.9 Å². The van der Waals surface area contributed by atoms with E-state index in [0.717, 1.165) is 16.7 Å². The first-order chi connectivity index (χ1) is 22.3. The van der Waals surface area contributed by atoms with Gasteiger partial charge in [-0.3, -0.25) is 9.69 Å². The van der Waals surface area contributed by atoms with Gasteiger partial charge in [-0.2, -0.15) is 4.99 Å². The van der Waals surface area contributed by atoms with Crippen LogP contribution in [0.5, 0.6) is 11.5 Å². The van der Waals surface area contributed by atoms with Crippen molar-refractivity contribution in [3.05, 3.63) is 84.2 Å². The van der Waals surface area contributed by atoms with Gasteiger partial charge in [0.1, 0.15) is 17.8 Å². The van der Waals surface area contributed by atoms with Crippen LogP contribution in [0.4, 0.5) is 23.7 Å². The zero-order valence-corrected chi connectivity index (χ0v) is 27.0. The second kappa shape index (κ2) is 13.8. The number of amidine groups is 1. The fraction of sp³-hybridized carbons (Fsp3) is 0.273. The third-order valence-electron chi connectivity index (χ3n) is 7.45. The zero-order valence-electron chi connectivity index (χ0n) is 26.1. The Labute approximate surface area is 273 Å². The van der Waals surface area contributed by atoms with Crippen LogP contribution in [-0.4, -0.2) is 56.8 Å². The second-order valence-electron chi connectivity index (χ2n) is 10.9. The first-order valence-corrected chi connectivity index (χ1v) is 15.5.